The summed E-state index contributed by atoms with van der Waals surface area (Å²) in [4.78, 5) is 11.2. The Bertz CT molecular complexity index is 440. The Morgan fingerprint density at radius 1 is 1.56 bits per heavy atom. The Morgan fingerprint density at radius 3 is 3.00 bits per heavy atom. The van der Waals surface area contributed by atoms with E-state index in [9.17, 15) is 4.79 Å². The first-order chi connectivity index (χ1) is 8.67. The molecule has 0 aromatic carbocycles. The van der Waals surface area contributed by atoms with E-state index in [-0.39, 0.29) is 11.2 Å². The molecule has 2 rings (SSSR count). The molecule has 2 N–H and O–H groups in total. The van der Waals surface area contributed by atoms with Crippen LogP contribution in [0.5, 0.6) is 0 Å². The van der Waals surface area contributed by atoms with Crippen LogP contribution in [0.15, 0.2) is 17.1 Å². The normalized spacial score (nSPS) is 22.7. The summed E-state index contributed by atoms with van der Waals surface area (Å²) in [7, 11) is 0. The molecule has 1 aromatic heterocycles. The van der Waals surface area contributed by atoms with E-state index in [4.69, 9.17) is 4.74 Å². The third-order valence-corrected chi connectivity index (χ3v) is 3.82. The Morgan fingerprint density at radius 2 is 2.33 bits per heavy atom. The van der Waals surface area contributed by atoms with Crippen molar-refractivity contribution in [3.05, 3.63) is 22.6 Å². The maximum atomic E-state index is 11.2. The van der Waals surface area contributed by atoms with E-state index in [0.29, 0.717) is 6.04 Å². The molecule has 1 unspecified atom stereocenters. The van der Waals surface area contributed by atoms with Gasteiger partial charge in [-0.3, -0.25) is 4.79 Å². The molecule has 18 heavy (non-hydrogen) atoms. The predicted molar refractivity (Wildman–Crippen MR) is 70.8 cm³/mol. The Balaban J connectivity index is 2.04. The number of H-pyrrole nitrogens is 1. The van der Waals surface area contributed by atoms with Crippen LogP contribution in [0.3, 0.4) is 0 Å². The highest BCUT2D eigenvalue weighted by Gasteiger charge is 2.34. The third kappa shape index (κ3) is 2.90. The van der Waals surface area contributed by atoms with Crippen LogP contribution in [0.2, 0.25) is 0 Å². The molecule has 1 aliphatic heterocycles. The molecule has 100 valence electrons. The van der Waals surface area contributed by atoms with Crippen LogP contribution in [0.4, 0.5) is 5.69 Å². The fraction of sp³-hybridized carbons (Fsp3) is 0.692. The third-order valence-electron chi connectivity index (χ3n) is 3.82. The van der Waals surface area contributed by atoms with Crippen molar-refractivity contribution in [1.29, 1.82) is 0 Å². The van der Waals surface area contributed by atoms with Gasteiger partial charge in [0.1, 0.15) is 0 Å². The second kappa shape index (κ2) is 5.52. The summed E-state index contributed by atoms with van der Waals surface area (Å²) in [6.45, 7) is 5.11. The van der Waals surface area contributed by atoms with E-state index < -0.39 is 0 Å². The van der Waals surface area contributed by atoms with Crippen LogP contribution in [-0.4, -0.2) is 28.4 Å². The topological polar surface area (TPSA) is 67.0 Å². The van der Waals surface area contributed by atoms with Gasteiger partial charge >= 0.3 is 0 Å². The average Bonchev–Trinajstić information content (AvgIpc) is 2.39. The molecule has 0 aliphatic carbocycles. The summed E-state index contributed by atoms with van der Waals surface area (Å²) >= 11 is 0. The fourth-order valence-electron chi connectivity index (χ4n) is 2.58. The van der Waals surface area contributed by atoms with Gasteiger partial charge in [0.25, 0.3) is 5.56 Å². The lowest BCUT2D eigenvalue weighted by molar-refractivity contribution is -0.0864. The first kappa shape index (κ1) is 13.1. The van der Waals surface area contributed by atoms with Crippen LogP contribution in [0, 0.1) is 0 Å². The lowest BCUT2D eigenvalue weighted by atomic mass is 9.86. The number of hydrogen-bond donors (Lipinski definition) is 2. The number of nitrogens with zero attached hydrogens (tertiary/aromatic N) is 1. The van der Waals surface area contributed by atoms with E-state index in [1.807, 2.05) is 0 Å². The van der Waals surface area contributed by atoms with Crippen LogP contribution in [0.1, 0.15) is 39.5 Å². The van der Waals surface area contributed by atoms with E-state index in [2.05, 4.69) is 29.4 Å². The minimum absolute atomic E-state index is 0.00938. The second-order valence-electron chi connectivity index (χ2n) is 4.91. The molecule has 1 aliphatic rings. The summed E-state index contributed by atoms with van der Waals surface area (Å²) in [6, 6.07) is 1.89. The van der Waals surface area contributed by atoms with Gasteiger partial charge in [-0.25, -0.2) is 5.10 Å². The maximum Gasteiger partial charge on any atom is 0.266 e. The first-order valence-corrected chi connectivity index (χ1v) is 6.62. The van der Waals surface area contributed by atoms with Gasteiger partial charge in [-0.15, -0.1) is 0 Å². The molecular formula is C13H21N3O2. The summed E-state index contributed by atoms with van der Waals surface area (Å²) in [6.07, 6.45) is 5.64. The number of hydrogen-bond acceptors (Lipinski definition) is 4. The first-order valence-electron chi connectivity index (χ1n) is 6.62. The van der Waals surface area contributed by atoms with Crippen molar-refractivity contribution >= 4 is 5.69 Å². The predicted octanol–water partition coefficient (Wildman–Crippen LogP) is 1.92. The van der Waals surface area contributed by atoms with Gasteiger partial charge in [0.05, 0.1) is 17.5 Å². The smallest absolute Gasteiger partial charge is 0.266 e. The zero-order valence-corrected chi connectivity index (χ0v) is 11.0. The highest BCUT2D eigenvalue weighted by Crippen LogP contribution is 2.32. The van der Waals surface area contributed by atoms with Crippen LogP contribution < -0.4 is 10.9 Å². The lowest BCUT2D eigenvalue weighted by Crippen LogP contribution is -2.43. The number of anilines is 1. The number of nitrogens with one attached hydrogen (secondary N) is 2. The highest BCUT2D eigenvalue weighted by atomic mass is 16.5. The quantitative estimate of drug-likeness (QED) is 0.858. The van der Waals surface area contributed by atoms with Gasteiger partial charge in [-0.2, -0.15) is 5.10 Å². The lowest BCUT2D eigenvalue weighted by Gasteiger charge is -2.40. The molecule has 1 aromatic rings. The zero-order valence-electron chi connectivity index (χ0n) is 11.0. The standard InChI is InChI=1S/C13H21N3O2/c1-3-13(4-2)8-10(5-6-18-13)15-11-7-12(17)16-14-9-11/h7,9-10H,3-6,8H2,1-2H3,(H2,15,16,17). The van der Waals surface area contributed by atoms with Gasteiger partial charge in [0.2, 0.25) is 0 Å². The second-order valence-corrected chi connectivity index (χ2v) is 4.91. The number of rotatable bonds is 4. The van der Waals surface area contributed by atoms with Crippen molar-refractivity contribution in [3.63, 3.8) is 0 Å². The fourth-order valence-corrected chi connectivity index (χ4v) is 2.58. The Kier molecular flexibility index (Phi) is 4.01. The van der Waals surface area contributed by atoms with Crippen molar-refractivity contribution < 1.29 is 4.74 Å². The molecule has 1 fully saturated rings. The maximum absolute atomic E-state index is 11.2. The summed E-state index contributed by atoms with van der Waals surface area (Å²) in [5, 5.41) is 9.55. The summed E-state index contributed by atoms with van der Waals surface area (Å²) in [5.41, 5.74) is 0.598. The Hall–Kier alpha value is -1.36. The van der Waals surface area contributed by atoms with Crippen LogP contribution >= 0.6 is 0 Å². The molecule has 5 nitrogen and oxygen atoms in total. The molecule has 0 saturated carbocycles. The van der Waals surface area contributed by atoms with Crippen molar-refractivity contribution in [3.8, 4) is 0 Å². The Labute approximate surface area is 107 Å². The van der Waals surface area contributed by atoms with E-state index >= 15 is 0 Å². The molecule has 0 amide bonds. The SMILES string of the molecule is CCC1(CC)CC(Nc2cn[nH]c(=O)c2)CCO1. The number of aromatic amines is 1. The van der Waals surface area contributed by atoms with Crippen molar-refractivity contribution in [2.45, 2.75) is 51.2 Å². The molecular weight excluding hydrogens is 230 g/mol. The zero-order chi connectivity index (χ0) is 13.0. The van der Waals surface area contributed by atoms with Gasteiger partial charge in [0.15, 0.2) is 0 Å². The highest BCUT2D eigenvalue weighted by molar-refractivity contribution is 5.40. The molecule has 5 heteroatoms. The summed E-state index contributed by atoms with van der Waals surface area (Å²) in [5.74, 6) is 0. The van der Waals surface area contributed by atoms with Crippen molar-refractivity contribution in [1.82, 2.24) is 10.2 Å². The van der Waals surface area contributed by atoms with Gasteiger partial charge in [-0.1, -0.05) is 13.8 Å². The van der Waals surface area contributed by atoms with Gasteiger partial charge < -0.3 is 10.1 Å². The largest absolute Gasteiger partial charge is 0.381 e. The minimum Gasteiger partial charge on any atom is -0.381 e. The summed E-state index contributed by atoms with van der Waals surface area (Å²) < 4.78 is 5.93. The monoisotopic (exact) mass is 251 g/mol. The van der Waals surface area contributed by atoms with E-state index in [1.54, 1.807) is 12.3 Å². The molecule has 0 radical (unpaired) electrons. The molecule has 0 bridgehead atoms. The average molecular weight is 251 g/mol. The van der Waals surface area contributed by atoms with E-state index in [1.165, 1.54) is 0 Å². The molecule has 1 atom stereocenters. The molecule has 1 saturated heterocycles. The molecule has 2 heterocycles. The van der Waals surface area contributed by atoms with Crippen LogP contribution in [0.25, 0.3) is 0 Å². The van der Waals surface area contributed by atoms with Gasteiger partial charge in [0, 0.05) is 18.7 Å². The van der Waals surface area contributed by atoms with Crippen LogP contribution in [-0.2, 0) is 4.74 Å². The number of ether oxygens (including phenoxy) is 1. The molecule has 0 spiro atoms. The van der Waals surface area contributed by atoms with Crippen molar-refractivity contribution in [2.24, 2.45) is 0 Å². The van der Waals surface area contributed by atoms with Gasteiger partial charge in [-0.05, 0) is 25.7 Å². The number of aromatic nitrogens is 2. The van der Waals surface area contributed by atoms with E-state index in [0.717, 1.165) is 38.0 Å². The minimum atomic E-state index is -0.177. The van der Waals surface area contributed by atoms with Crippen molar-refractivity contribution in [2.75, 3.05) is 11.9 Å².